The van der Waals surface area contributed by atoms with E-state index in [-0.39, 0.29) is 36.7 Å². The molecule has 0 N–H and O–H groups in total. The second kappa shape index (κ2) is 14.6. The molecule has 3 heterocycles. The fourth-order valence-corrected chi connectivity index (χ4v) is 4.51. The van der Waals surface area contributed by atoms with Gasteiger partial charge in [-0.3, -0.25) is 25.1 Å². The quantitative estimate of drug-likeness (QED) is 0.0889. The zero-order chi connectivity index (χ0) is 27.5. The van der Waals surface area contributed by atoms with Crippen LogP contribution in [0.3, 0.4) is 0 Å². The van der Waals surface area contributed by atoms with Gasteiger partial charge >= 0.3 is 0 Å². The maximum atomic E-state index is 12.7. The molecule has 11 heteroatoms. The molecule has 0 radical (unpaired) electrons. The Balaban J connectivity index is 0.000000279. The van der Waals surface area contributed by atoms with Crippen molar-refractivity contribution < 1.29 is 33.8 Å². The molecule has 3 aromatic carbocycles. The third-order valence-corrected chi connectivity index (χ3v) is 6.59. The van der Waals surface area contributed by atoms with E-state index in [1.165, 1.54) is 12.1 Å². The average molecular weight is 643 g/mol. The zero-order valence-electron chi connectivity index (χ0n) is 20.8. The molecule has 6 aromatic rings. The molecular formula is C29H22N5O4PdS-. The number of rotatable bonds is 4. The normalized spacial score (nSPS) is 10.2. The number of aromatic nitrogens is 3. The van der Waals surface area contributed by atoms with Gasteiger partial charge in [0.1, 0.15) is 10.0 Å². The maximum Gasteiger partial charge on any atom is 0.269 e. The van der Waals surface area contributed by atoms with Crippen molar-refractivity contribution in [1.29, 1.82) is 0 Å². The van der Waals surface area contributed by atoms with Crippen LogP contribution in [0.25, 0.3) is 26.4 Å². The summed E-state index contributed by atoms with van der Waals surface area (Å²) in [5, 5.41) is 13.1. The number of nitro groups is 1. The number of nitrogens with zero attached hydrogens (tertiary/aromatic N) is 5. The summed E-state index contributed by atoms with van der Waals surface area (Å²) >= 11 is 0. The Morgan fingerprint density at radius 1 is 0.650 bits per heavy atom. The van der Waals surface area contributed by atoms with E-state index in [1.807, 2.05) is 66.7 Å². The molecule has 204 valence electrons. The standard InChI is InChI=1S/C19H12N3O4S.2C5H5N.Pd/c23-22(24)15-8-10-16(11-9-15)27(25,26)21-17-5-1-3-13-6-7-14-4-2-12-20-19(14)18(13)17;2*1-2-4-6-5-3-1;/h1-12H;2*1-5H;/q-1;;;. The van der Waals surface area contributed by atoms with Crippen LogP contribution in [-0.4, -0.2) is 28.3 Å². The van der Waals surface area contributed by atoms with Gasteiger partial charge in [-0.15, -0.1) is 5.69 Å². The van der Waals surface area contributed by atoms with Crippen molar-refractivity contribution in [2.75, 3.05) is 0 Å². The predicted octanol–water partition coefficient (Wildman–Crippen LogP) is 6.85. The number of pyridine rings is 3. The number of hydrogen-bond donors (Lipinski definition) is 0. The van der Waals surface area contributed by atoms with Gasteiger partial charge in [0.2, 0.25) is 0 Å². The SMILES string of the molecule is O=[N+]([O-])c1ccc(S(=O)(=O)[N-]c2cccc3ccc4cccnc4c23)cc1.[Pd].c1ccncc1.c1ccncc1. The van der Waals surface area contributed by atoms with Gasteiger partial charge in [-0.1, -0.05) is 48.5 Å². The third-order valence-electron chi connectivity index (χ3n) is 5.29. The molecule has 3 aromatic heterocycles. The van der Waals surface area contributed by atoms with Crippen molar-refractivity contribution in [3.63, 3.8) is 0 Å². The third kappa shape index (κ3) is 7.97. The summed E-state index contributed by atoms with van der Waals surface area (Å²) in [7, 11) is -4.04. The minimum Gasteiger partial charge on any atom is -0.572 e. The van der Waals surface area contributed by atoms with E-state index in [2.05, 4.69) is 19.7 Å². The summed E-state index contributed by atoms with van der Waals surface area (Å²) in [5.74, 6) is 0. The summed E-state index contributed by atoms with van der Waals surface area (Å²) in [5.41, 5.74) is 0.748. The minimum absolute atomic E-state index is 0. The first-order valence-corrected chi connectivity index (χ1v) is 13.1. The Hall–Kier alpha value is -4.56. The average Bonchev–Trinajstić information content (AvgIpc) is 2.99. The Kier molecular flexibility index (Phi) is 10.9. The number of non-ortho nitro benzene ring substituents is 1. The van der Waals surface area contributed by atoms with Crippen LogP contribution in [0.15, 0.2) is 139 Å². The van der Waals surface area contributed by atoms with Crippen LogP contribution in [0.1, 0.15) is 0 Å². The first-order chi connectivity index (χ1) is 19.0. The maximum absolute atomic E-state index is 12.7. The molecule has 0 spiro atoms. The Morgan fingerprint density at radius 3 is 1.75 bits per heavy atom. The zero-order valence-corrected chi connectivity index (χ0v) is 23.2. The molecule has 0 bridgehead atoms. The number of benzene rings is 3. The summed E-state index contributed by atoms with van der Waals surface area (Å²) in [6.45, 7) is 0. The number of nitro benzene ring substituents is 1. The van der Waals surface area contributed by atoms with Crippen LogP contribution in [0.5, 0.6) is 0 Å². The molecule has 0 saturated carbocycles. The van der Waals surface area contributed by atoms with Gasteiger partial charge in [-0.2, -0.15) is 0 Å². The molecule has 40 heavy (non-hydrogen) atoms. The summed E-state index contributed by atoms with van der Waals surface area (Å²) in [4.78, 5) is 22.0. The molecule has 0 saturated heterocycles. The van der Waals surface area contributed by atoms with Gasteiger partial charge in [-0.05, 0) is 53.2 Å². The van der Waals surface area contributed by atoms with Gasteiger partial charge in [0, 0.05) is 68.9 Å². The molecule has 0 aliphatic rings. The van der Waals surface area contributed by atoms with E-state index in [4.69, 9.17) is 0 Å². The van der Waals surface area contributed by atoms with Crippen molar-refractivity contribution in [3.8, 4) is 0 Å². The second-order valence-corrected chi connectivity index (χ2v) is 9.49. The van der Waals surface area contributed by atoms with Crippen molar-refractivity contribution >= 4 is 43.1 Å². The van der Waals surface area contributed by atoms with Crippen LogP contribution in [0.4, 0.5) is 11.4 Å². The fraction of sp³-hybridized carbons (Fsp3) is 0. The number of fused-ring (bicyclic) bond motifs is 3. The van der Waals surface area contributed by atoms with E-state index in [0.29, 0.717) is 10.9 Å². The van der Waals surface area contributed by atoms with Crippen LogP contribution in [0.2, 0.25) is 0 Å². The molecule has 0 aliphatic carbocycles. The summed E-state index contributed by atoms with van der Waals surface area (Å²) < 4.78 is 29.4. The summed E-state index contributed by atoms with van der Waals surface area (Å²) in [6.07, 6.45) is 8.64. The molecule has 9 nitrogen and oxygen atoms in total. The Bertz CT molecular complexity index is 1690. The van der Waals surface area contributed by atoms with E-state index in [1.54, 1.807) is 43.1 Å². The molecular weight excluding hydrogens is 621 g/mol. The molecule has 0 atom stereocenters. The van der Waals surface area contributed by atoms with E-state index in [0.717, 1.165) is 22.9 Å². The molecule has 0 amide bonds. The first kappa shape index (κ1) is 30.0. The van der Waals surface area contributed by atoms with Crippen molar-refractivity contribution in [2.45, 2.75) is 4.90 Å². The number of sulfonamides is 1. The van der Waals surface area contributed by atoms with Gasteiger partial charge in [0.25, 0.3) is 5.69 Å². The van der Waals surface area contributed by atoms with Gasteiger partial charge in [-0.25, -0.2) is 8.42 Å². The first-order valence-electron chi connectivity index (χ1n) is 11.6. The van der Waals surface area contributed by atoms with Crippen LogP contribution >= 0.6 is 0 Å². The monoisotopic (exact) mass is 642 g/mol. The largest absolute Gasteiger partial charge is 0.572 e. The van der Waals surface area contributed by atoms with E-state index >= 15 is 0 Å². The molecule has 0 unspecified atom stereocenters. The Labute approximate surface area is 244 Å². The van der Waals surface area contributed by atoms with Gasteiger partial charge in [0.05, 0.1) is 15.3 Å². The van der Waals surface area contributed by atoms with Crippen LogP contribution in [-0.2, 0) is 30.4 Å². The molecule has 6 rings (SSSR count). The van der Waals surface area contributed by atoms with Crippen molar-refractivity contribution in [1.82, 2.24) is 15.0 Å². The molecule has 0 fully saturated rings. The topological polar surface area (TPSA) is 130 Å². The van der Waals surface area contributed by atoms with Crippen LogP contribution < -0.4 is 0 Å². The minimum atomic E-state index is -4.04. The van der Waals surface area contributed by atoms with Crippen LogP contribution in [0, 0.1) is 10.1 Å². The van der Waals surface area contributed by atoms with Crippen molar-refractivity contribution in [3.05, 3.63) is 149 Å². The van der Waals surface area contributed by atoms with Gasteiger partial charge < -0.3 is 4.72 Å². The number of hydrogen-bond acceptors (Lipinski definition) is 7. The van der Waals surface area contributed by atoms with Crippen molar-refractivity contribution in [2.24, 2.45) is 0 Å². The van der Waals surface area contributed by atoms with E-state index < -0.39 is 14.9 Å². The smallest absolute Gasteiger partial charge is 0.269 e. The molecule has 0 aliphatic heterocycles. The Morgan fingerprint density at radius 2 is 1.23 bits per heavy atom. The van der Waals surface area contributed by atoms with E-state index in [9.17, 15) is 18.5 Å². The summed E-state index contributed by atoms with van der Waals surface area (Å²) in [6, 6.07) is 28.8. The van der Waals surface area contributed by atoms with Gasteiger partial charge in [0.15, 0.2) is 0 Å². The second-order valence-electron chi connectivity index (χ2n) is 7.88. The predicted molar refractivity (Wildman–Crippen MR) is 151 cm³/mol. The fourth-order valence-electron chi connectivity index (χ4n) is 3.52.